The smallest absolute Gasteiger partial charge is 0.329 e. The molecule has 3 amide bonds. The second-order valence-electron chi connectivity index (χ2n) is 7.41. The number of likely N-dealkylation sites (tertiary alicyclic amines) is 1. The number of nitrogens with one attached hydrogen (secondary N) is 1. The topological polar surface area (TPSA) is 92.8 Å². The number of ether oxygens (including phenoxy) is 1. The van der Waals surface area contributed by atoms with E-state index in [9.17, 15) is 28.0 Å². The van der Waals surface area contributed by atoms with Crippen molar-refractivity contribution in [2.24, 2.45) is 11.8 Å². The Hall–Kier alpha value is -2.84. The molecule has 1 aliphatic carbocycles. The van der Waals surface area contributed by atoms with Gasteiger partial charge in [0.1, 0.15) is 17.7 Å². The molecule has 1 aromatic carbocycles. The van der Waals surface area contributed by atoms with E-state index in [4.69, 9.17) is 4.74 Å². The maximum absolute atomic E-state index is 13.6. The van der Waals surface area contributed by atoms with Crippen LogP contribution in [0.25, 0.3) is 0 Å². The number of imide groups is 1. The van der Waals surface area contributed by atoms with Gasteiger partial charge in [0.2, 0.25) is 11.8 Å². The van der Waals surface area contributed by atoms with Crippen LogP contribution in [0, 0.1) is 23.5 Å². The molecule has 1 heterocycles. The van der Waals surface area contributed by atoms with E-state index in [1.54, 1.807) is 0 Å². The standard InChI is InChI=1S/C20H22F2N2O5/c1-10(24-18(26)13-5-3-4-6-14(13)19(24)27)20(28)29-11(2)17(25)23-16-9-12(21)7-8-15(16)22/h7-11,13-14H,3-6H2,1-2H3,(H,23,25)/t10-,11+,13-,14+/m0/s1. The monoisotopic (exact) mass is 408 g/mol. The van der Waals surface area contributed by atoms with Crippen molar-refractivity contribution in [2.45, 2.75) is 51.7 Å². The van der Waals surface area contributed by atoms with Crippen LogP contribution in [0.4, 0.5) is 14.5 Å². The Balaban J connectivity index is 1.63. The van der Waals surface area contributed by atoms with Gasteiger partial charge in [-0.1, -0.05) is 12.8 Å². The lowest BCUT2D eigenvalue weighted by molar-refractivity contribution is -0.163. The fraction of sp³-hybridized carbons (Fsp3) is 0.500. The number of benzene rings is 1. The van der Waals surface area contributed by atoms with Crippen LogP contribution in [0.5, 0.6) is 0 Å². The molecule has 3 rings (SSSR count). The van der Waals surface area contributed by atoms with Gasteiger partial charge >= 0.3 is 5.97 Å². The molecule has 0 radical (unpaired) electrons. The molecule has 7 nitrogen and oxygen atoms in total. The Bertz CT molecular complexity index is 835. The third-order valence-electron chi connectivity index (χ3n) is 5.45. The molecule has 2 aliphatic rings. The second kappa shape index (κ2) is 8.26. The van der Waals surface area contributed by atoms with Crippen LogP contribution in [0.3, 0.4) is 0 Å². The number of esters is 1. The second-order valence-corrected chi connectivity index (χ2v) is 7.41. The zero-order chi connectivity index (χ0) is 21.3. The molecule has 9 heteroatoms. The summed E-state index contributed by atoms with van der Waals surface area (Å²) in [7, 11) is 0. The largest absolute Gasteiger partial charge is 0.451 e. The molecule has 1 aliphatic heterocycles. The molecule has 4 atom stereocenters. The maximum atomic E-state index is 13.6. The van der Waals surface area contributed by atoms with Crippen molar-refractivity contribution >= 4 is 29.4 Å². The minimum atomic E-state index is -1.34. The molecule has 0 aromatic heterocycles. The number of fused-ring (bicyclic) bond motifs is 1. The van der Waals surface area contributed by atoms with Crippen LogP contribution in [-0.4, -0.2) is 40.7 Å². The molecular formula is C20H22F2N2O5. The maximum Gasteiger partial charge on any atom is 0.329 e. The Morgan fingerprint density at radius 3 is 2.28 bits per heavy atom. The molecule has 1 saturated heterocycles. The molecule has 29 heavy (non-hydrogen) atoms. The lowest BCUT2D eigenvalue weighted by Gasteiger charge is -2.23. The number of halogens is 2. The van der Waals surface area contributed by atoms with Crippen LogP contribution < -0.4 is 5.32 Å². The number of rotatable bonds is 5. The first-order valence-corrected chi connectivity index (χ1v) is 9.54. The number of anilines is 1. The number of hydrogen-bond acceptors (Lipinski definition) is 5. The molecule has 0 unspecified atom stereocenters. The van der Waals surface area contributed by atoms with Crippen LogP contribution in [0.2, 0.25) is 0 Å². The van der Waals surface area contributed by atoms with Crippen LogP contribution in [0.1, 0.15) is 39.5 Å². The number of nitrogens with zero attached hydrogens (tertiary/aromatic N) is 1. The lowest BCUT2D eigenvalue weighted by atomic mass is 9.81. The highest BCUT2D eigenvalue weighted by atomic mass is 19.1. The summed E-state index contributed by atoms with van der Waals surface area (Å²) in [5.74, 6) is -4.96. The predicted octanol–water partition coefficient (Wildman–Crippen LogP) is 2.40. The molecule has 0 bridgehead atoms. The van der Waals surface area contributed by atoms with E-state index in [1.165, 1.54) is 13.8 Å². The summed E-state index contributed by atoms with van der Waals surface area (Å²) in [6.07, 6.45) is 1.61. The minimum absolute atomic E-state index is 0.386. The van der Waals surface area contributed by atoms with Crippen LogP contribution in [-0.2, 0) is 23.9 Å². The predicted molar refractivity (Wildman–Crippen MR) is 97.3 cm³/mol. The number of carbonyl (C=O) groups is 4. The first kappa shape index (κ1) is 20.9. The summed E-state index contributed by atoms with van der Waals surface area (Å²) in [5, 5.41) is 2.14. The van der Waals surface area contributed by atoms with Gasteiger partial charge in [0, 0.05) is 6.07 Å². The summed E-state index contributed by atoms with van der Waals surface area (Å²) < 4.78 is 31.9. The van der Waals surface area contributed by atoms with Crippen molar-refractivity contribution < 1.29 is 32.7 Å². The first-order chi connectivity index (χ1) is 13.7. The summed E-state index contributed by atoms with van der Waals surface area (Å²) >= 11 is 0. The highest BCUT2D eigenvalue weighted by Crippen LogP contribution is 2.39. The Morgan fingerprint density at radius 2 is 1.69 bits per heavy atom. The average Bonchev–Trinajstić information content (AvgIpc) is 2.94. The van der Waals surface area contributed by atoms with Crippen molar-refractivity contribution in [1.29, 1.82) is 0 Å². The SMILES string of the molecule is C[C@@H](OC(=O)[C@H](C)N1C(=O)[C@H]2CCCC[C@H]2C1=O)C(=O)Nc1cc(F)ccc1F. The highest BCUT2D eigenvalue weighted by molar-refractivity contribution is 6.08. The van der Waals surface area contributed by atoms with E-state index in [0.29, 0.717) is 12.8 Å². The van der Waals surface area contributed by atoms with Gasteiger partial charge in [-0.25, -0.2) is 13.6 Å². The molecule has 2 fully saturated rings. The van der Waals surface area contributed by atoms with Gasteiger partial charge in [0.25, 0.3) is 5.91 Å². The Kier molecular flexibility index (Phi) is 5.95. The average molecular weight is 408 g/mol. The van der Waals surface area contributed by atoms with E-state index < -0.39 is 47.5 Å². The van der Waals surface area contributed by atoms with Gasteiger partial charge in [-0.05, 0) is 38.8 Å². The van der Waals surface area contributed by atoms with Crippen molar-refractivity contribution in [3.8, 4) is 0 Å². The van der Waals surface area contributed by atoms with E-state index in [-0.39, 0.29) is 17.5 Å². The highest BCUT2D eigenvalue weighted by Gasteiger charge is 2.51. The normalized spacial score (nSPS) is 23.4. The van der Waals surface area contributed by atoms with Crippen LogP contribution in [0.15, 0.2) is 18.2 Å². The van der Waals surface area contributed by atoms with Crippen molar-refractivity contribution in [3.05, 3.63) is 29.8 Å². The molecule has 1 aromatic rings. The third kappa shape index (κ3) is 4.13. The number of hydrogen-bond donors (Lipinski definition) is 1. The zero-order valence-electron chi connectivity index (χ0n) is 16.1. The fourth-order valence-corrected chi connectivity index (χ4v) is 3.83. The summed E-state index contributed by atoms with van der Waals surface area (Å²) in [5.41, 5.74) is -0.389. The Morgan fingerprint density at radius 1 is 1.10 bits per heavy atom. The van der Waals surface area contributed by atoms with Gasteiger partial charge < -0.3 is 10.1 Å². The quantitative estimate of drug-likeness (QED) is 0.597. The van der Waals surface area contributed by atoms with E-state index in [0.717, 1.165) is 35.9 Å². The van der Waals surface area contributed by atoms with Crippen molar-refractivity contribution in [3.63, 3.8) is 0 Å². The van der Waals surface area contributed by atoms with Gasteiger partial charge in [-0.2, -0.15) is 0 Å². The molecular weight excluding hydrogens is 386 g/mol. The summed E-state index contributed by atoms with van der Waals surface area (Å²) in [4.78, 5) is 50.7. The van der Waals surface area contributed by atoms with E-state index in [2.05, 4.69) is 5.32 Å². The first-order valence-electron chi connectivity index (χ1n) is 9.54. The molecule has 1 saturated carbocycles. The van der Waals surface area contributed by atoms with Crippen LogP contribution >= 0.6 is 0 Å². The van der Waals surface area contributed by atoms with Gasteiger partial charge in [0.05, 0.1) is 17.5 Å². The molecule has 0 spiro atoms. The number of carbonyl (C=O) groups excluding carboxylic acids is 4. The minimum Gasteiger partial charge on any atom is -0.451 e. The molecule has 1 N–H and O–H groups in total. The number of amides is 3. The van der Waals surface area contributed by atoms with E-state index in [1.807, 2.05) is 0 Å². The van der Waals surface area contributed by atoms with Gasteiger partial charge in [0.15, 0.2) is 6.10 Å². The zero-order valence-corrected chi connectivity index (χ0v) is 16.1. The van der Waals surface area contributed by atoms with Gasteiger partial charge in [-0.15, -0.1) is 0 Å². The van der Waals surface area contributed by atoms with Gasteiger partial charge in [-0.3, -0.25) is 19.3 Å². The summed E-state index contributed by atoms with van der Waals surface area (Å²) in [6, 6.07) is 1.38. The van der Waals surface area contributed by atoms with E-state index >= 15 is 0 Å². The van der Waals surface area contributed by atoms with Crippen molar-refractivity contribution in [2.75, 3.05) is 5.32 Å². The van der Waals surface area contributed by atoms with Crippen molar-refractivity contribution in [1.82, 2.24) is 4.90 Å². The Labute approximate surface area is 166 Å². The fourth-order valence-electron chi connectivity index (χ4n) is 3.83. The molecule has 156 valence electrons. The third-order valence-corrected chi connectivity index (χ3v) is 5.45. The summed E-state index contributed by atoms with van der Waals surface area (Å²) in [6.45, 7) is 2.62. The lowest BCUT2D eigenvalue weighted by Crippen LogP contribution is -2.46.